The summed E-state index contributed by atoms with van der Waals surface area (Å²) in [6, 6.07) is 8.58. The van der Waals surface area contributed by atoms with E-state index in [0.717, 1.165) is 6.07 Å². The molecule has 0 spiro atoms. The number of alkyl halides is 2. The van der Waals surface area contributed by atoms with Crippen LogP contribution in [0.15, 0.2) is 42.5 Å². The number of carbonyl (C=O) groups is 2. The van der Waals surface area contributed by atoms with Gasteiger partial charge in [-0.25, -0.2) is 9.18 Å². The minimum absolute atomic E-state index is 0.0753. The highest BCUT2D eigenvalue weighted by molar-refractivity contribution is 6.30. The lowest BCUT2D eigenvalue weighted by Gasteiger charge is -2.27. The molecule has 1 aliphatic rings. The van der Waals surface area contributed by atoms with Gasteiger partial charge in [-0.05, 0) is 35.4 Å². The molecule has 3 rings (SSSR count). The minimum atomic E-state index is -2.98. The number of benzene rings is 2. The van der Waals surface area contributed by atoms with Crippen molar-refractivity contribution in [3.05, 3.63) is 64.4 Å². The molecule has 2 atom stereocenters. The summed E-state index contributed by atoms with van der Waals surface area (Å²) in [7, 11) is 0. The van der Waals surface area contributed by atoms with Crippen LogP contribution in [0, 0.1) is 5.82 Å². The zero-order valence-corrected chi connectivity index (χ0v) is 14.9. The molecule has 2 aromatic rings. The third-order valence-corrected chi connectivity index (χ3v) is 4.44. The molecule has 2 aromatic carbocycles. The third-order valence-electron chi connectivity index (χ3n) is 4.15. The maximum Gasteiger partial charge on any atom is 0.411 e. The molecule has 0 aromatic heterocycles. The zero-order chi connectivity index (χ0) is 20.4. The molecular weight excluding hydrogens is 401 g/mol. The van der Waals surface area contributed by atoms with E-state index in [9.17, 15) is 22.8 Å². The molecule has 1 unspecified atom stereocenters. The molecule has 0 radical (unpaired) electrons. The maximum absolute atomic E-state index is 13.6. The second-order valence-corrected chi connectivity index (χ2v) is 6.36. The standard InChI is InChI=1S/C18H14ClF3N2O4/c19-12-7-10(3-6-13(12)20)15(24-8-14(16(23)25)28-18(24)26)9-1-4-11(5-2-9)27-17(21)22/h1-7,14-15,17H,8H2,(H2,23,25)/t14?,15-/m1/s1. The topological polar surface area (TPSA) is 81.9 Å². The van der Waals surface area contributed by atoms with Crippen LogP contribution >= 0.6 is 11.6 Å². The Balaban J connectivity index is 2.00. The van der Waals surface area contributed by atoms with E-state index in [4.69, 9.17) is 22.1 Å². The molecule has 0 bridgehead atoms. The minimum Gasteiger partial charge on any atom is -0.435 e. The first kappa shape index (κ1) is 19.8. The van der Waals surface area contributed by atoms with Crippen LogP contribution < -0.4 is 10.5 Å². The number of cyclic esters (lactones) is 1. The number of primary amides is 1. The van der Waals surface area contributed by atoms with Gasteiger partial charge in [-0.2, -0.15) is 8.78 Å². The van der Waals surface area contributed by atoms with Crippen molar-refractivity contribution in [3.8, 4) is 5.75 Å². The monoisotopic (exact) mass is 414 g/mol. The summed E-state index contributed by atoms with van der Waals surface area (Å²) in [5.74, 6) is -1.54. The number of amides is 2. The van der Waals surface area contributed by atoms with Gasteiger partial charge in [-0.1, -0.05) is 29.8 Å². The van der Waals surface area contributed by atoms with Crippen molar-refractivity contribution in [1.29, 1.82) is 0 Å². The van der Waals surface area contributed by atoms with E-state index in [2.05, 4.69) is 4.74 Å². The summed E-state index contributed by atoms with van der Waals surface area (Å²) in [5.41, 5.74) is 6.11. The van der Waals surface area contributed by atoms with Crippen LogP contribution in [0.1, 0.15) is 17.2 Å². The lowest BCUT2D eigenvalue weighted by atomic mass is 9.97. The van der Waals surface area contributed by atoms with E-state index >= 15 is 0 Å². The van der Waals surface area contributed by atoms with Crippen LogP contribution in [0.5, 0.6) is 5.75 Å². The van der Waals surface area contributed by atoms with Gasteiger partial charge in [0, 0.05) is 0 Å². The van der Waals surface area contributed by atoms with E-state index in [1.807, 2.05) is 0 Å². The number of nitrogens with two attached hydrogens (primary N) is 1. The van der Waals surface area contributed by atoms with Gasteiger partial charge >= 0.3 is 12.7 Å². The highest BCUT2D eigenvalue weighted by Crippen LogP contribution is 2.35. The largest absolute Gasteiger partial charge is 0.435 e. The fraction of sp³-hybridized carbons (Fsp3) is 0.222. The average Bonchev–Trinajstić information content (AvgIpc) is 3.01. The number of hydrogen-bond donors (Lipinski definition) is 1. The van der Waals surface area contributed by atoms with Gasteiger partial charge in [0.1, 0.15) is 11.6 Å². The van der Waals surface area contributed by atoms with Gasteiger partial charge in [-0.15, -0.1) is 0 Å². The van der Waals surface area contributed by atoms with Crippen molar-refractivity contribution in [2.75, 3.05) is 6.54 Å². The predicted molar refractivity (Wildman–Crippen MR) is 92.5 cm³/mol. The highest BCUT2D eigenvalue weighted by Gasteiger charge is 2.40. The summed E-state index contributed by atoms with van der Waals surface area (Å²) < 4.78 is 47.6. The first-order valence-corrected chi connectivity index (χ1v) is 8.40. The molecule has 0 aliphatic carbocycles. The Kier molecular flexibility index (Phi) is 5.64. The normalized spacial score (nSPS) is 17.5. The van der Waals surface area contributed by atoms with E-state index in [1.54, 1.807) is 0 Å². The van der Waals surface area contributed by atoms with Crippen LogP contribution in [-0.2, 0) is 9.53 Å². The number of nitrogens with zero attached hydrogens (tertiary/aromatic N) is 1. The van der Waals surface area contributed by atoms with Gasteiger partial charge in [0.25, 0.3) is 5.91 Å². The third kappa shape index (κ3) is 4.14. The smallest absolute Gasteiger partial charge is 0.411 e. The average molecular weight is 415 g/mol. The quantitative estimate of drug-likeness (QED) is 0.784. The van der Waals surface area contributed by atoms with Gasteiger partial charge in [-0.3, -0.25) is 9.69 Å². The van der Waals surface area contributed by atoms with Crippen LogP contribution in [0.25, 0.3) is 0 Å². The van der Waals surface area contributed by atoms with Gasteiger partial charge in [0.15, 0.2) is 6.10 Å². The van der Waals surface area contributed by atoms with Crippen LogP contribution in [0.2, 0.25) is 5.02 Å². The lowest BCUT2D eigenvalue weighted by Crippen LogP contribution is -2.34. The van der Waals surface area contributed by atoms with Crippen LogP contribution in [-0.4, -0.2) is 36.2 Å². The van der Waals surface area contributed by atoms with E-state index < -0.39 is 36.6 Å². The Labute approximate surface area is 162 Å². The fourth-order valence-corrected chi connectivity index (χ4v) is 3.09. The van der Waals surface area contributed by atoms with Gasteiger partial charge in [0.2, 0.25) is 0 Å². The first-order valence-electron chi connectivity index (χ1n) is 8.02. The molecule has 148 valence electrons. The van der Waals surface area contributed by atoms with E-state index in [0.29, 0.717) is 11.1 Å². The summed E-state index contributed by atoms with van der Waals surface area (Å²) in [5, 5.41) is -0.167. The van der Waals surface area contributed by atoms with Crippen molar-refractivity contribution in [2.24, 2.45) is 5.73 Å². The van der Waals surface area contributed by atoms with Crippen molar-refractivity contribution in [2.45, 2.75) is 18.8 Å². The molecule has 1 saturated heterocycles. The maximum atomic E-state index is 13.6. The Morgan fingerprint density at radius 3 is 2.39 bits per heavy atom. The molecule has 2 N–H and O–H groups in total. The Morgan fingerprint density at radius 2 is 1.86 bits per heavy atom. The van der Waals surface area contributed by atoms with Crippen molar-refractivity contribution in [1.82, 2.24) is 4.90 Å². The van der Waals surface area contributed by atoms with Crippen LogP contribution in [0.4, 0.5) is 18.0 Å². The molecule has 2 amide bonds. The number of ether oxygens (including phenoxy) is 2. The Bertz CT molecular complexity index is 895. The highest BCUT2D eigenvalue weighted by atomic mass is 35.5. The van der Waals surface area contributed by atoms with Crippen molar-refractivity contribution < 1.29 is 32.2 Å². The summed E-state index contributed by atoms with van der Waals surface area (Å²) in [6.07, 6.45) is -1.95. The second-order valence-electron chi connectivity index (χ2n) is 5.95. The van der Waals surface area contributed by atoms with Crippen molar-refractivity contribution >= 4 is 23.6 Å². The second kappa shape index (κ2) is 7.97. The molecule has 10 heteroatoms. The predicted octanol–water partition coefficient (Wildman–Crippen LogP) is 3.48. The Hall–Kier alpha value is -2.94. The van der Waals surface area contributed by atoms with E-state index in [-0.39, 0.29) is 17.3 Å². The lowest BCUT2D eigenvalue weighted by molar-refractivity contribution is -0.124. The first-order chi connectivity index (χ1) is 13.3. The molecule has 0 saturated carbocycles. The number of hydrogen-bond acceptors (Lipinski definition) is 4. The van der Waals surface area contributed by atoms with Gasteiger partial charge in [0.05, 0.1) is 17.6 Å². The van der Waals surface area contributed by atoms with Gasteiger partial charge < -0.3 is 15.2 Å². The SMILES string of the molecule is NC(=O)C1CN([C@H](c2ccc(OC(F)F)cc2)c2ccc(F)c(Cl)c2)C(=O)O1. The number of halogens is 4. The summed E-state index contributed by atoms with van der Waals surface area (Å²) in [6.45, 7) is -3.12. The fourth-order valence-electron chi connectivity index (χ4n) is 2.91. The zero-order valence-electron chi connectivity index (χ0n) is 14.2. The van der Waals surface area contributed by atoms with Crippen molar-refractivity contribution in [3.63, 3.8) is 0 Å². The van der Waals surface area contributed by atoms with E-state index in [1.165, 1.54) is 41.3 Å². The molecule has 6 nitrogen and oxygen atoms in total. The van der Waals surface area contributed by atoms with Crippen LogP contribution in [0.3, 0.4) is 0 Å². The number of carbonyl (C=O) groups excluding carboxylic acids is 2. The number of rotatable bonds is 6. The molecule has 1 aliphatic heterocycles. The molecule has 28 heavy (non-hydrogen) atoms. The summed E-state index contributed by atoms with van der Waals surface area (Å²) >= 11 is 5.86. The Morgan fingerprint density at radius 1 is 1.21 bits per heavy atom. The summed E-state index contributed by atoms with van der Waals surface area (Å²) in [4.78, 5) is 24.9. The molecule has 1 heterocycles. The molecular formula is C18H14ClF3N2O4. The molecule has 1 fully saturated rings.